The molecular weight excluding hydrogens is 1210 g/mol. The van der Waals surface area contributed by atoms with Crippen molar-refractivity contribution in [2.75, 3.05) is 6.54 Å². The molecule has 0 aromatic heterocycles. The molecule has 524 valence electrons. The van der Waals surface area contributed by atoms with E-state index in [0.717, 1.165) is 0 Å². The molecule has 1 aromatic carbocycles. The lowest BCUT2D eigenvalue weighted by Crippen LogP contribution is -2.62. The number of aliphatic carboxylic acids is 4. The Balaban J connectivity index is 3.62. The van der Waals surface area contributed by atoms with Crippen LogP contribution in [0.4, 0.5) is 0 Å². The first-order valence-electron chi connectivity index (χ1n) is 31.8. The van der Waals surface area contributed by atoms with Crippen molar-refractivity contribution in [2.24, 2.45) is 47.0 Å². The van der Waals surface area contributed by atoms with Crippen molar-refractivity contribution in [2.45, 2.75) is 233 Å². The van der Waals surface area contributed by atoms with Crippen LogP contribution in [0.2, 0.25) is 0 Å². The van der Waals surface area contributed by atoms with E-state index in [1.54, 1.807) is 85.7 Å². The molecule has 11 atom stereocenters. The van der Waals surface area contributed by atoms with E-state index in [-0.39, 0.29) is 62.3 Å². The molecule has 0 aliphatic carbocycles. The molecule has 1 aromatic rings. The van der Waals surface area contributed by atoms with Gasteiger partial charge in [0.05, 0.1) is 12.5 Å². The monoisotopic (exact) mass is 1320 g/mol. The standard InChI is InChI=1S/C63H104N12O18/c1-32(2)26-39(65)53(82)74-51(36(9)10)62(91)73-46(30-38-18-14-13-15-19-38)59(88)72-47(31-50(80)81)60(89)75-52(37(11)12)61(90)67-41(21-23-48(76)77)55(84)70-45(29-35(7)8)58(87)71-43(27-33(3)4)56(85)66-40(20-16-17-25-64)54(83)69-44(28-34(5)6)57(86)68-42(63(92)93)22-24-49(78)79/h13-15,18-19,32-37,39-47,51-52H,16-17,20-31,64-65H2,1-12H3,(H,66,85)(H,67,90)(H,68,86)(H,69,83)(H,70,84)(H,71,87)(H,72,88)(H,73,91)(H,74,82)(H,75,89)(H,76,77)(H,78,79)(H,80,81)(H,92,93)/t39-,40-,41-,42-,43-,44-,45-,46-,47-,51-,52-/m0/s1. The normalized spacial score (nSPS) is 15.0. The van der Waals surface area contributed by atoms with Gasteiger partial charge in [-0.2, -0.15) is 0 Å². The second kappa shape index (κ2) is 42.0. The Morgan fingerprint density at radius 1 is 0.366 bits per heavy atom. The molecule has 0 unspecified atom stereocenters. The van der Waals surface area contributed by atoms with Crippen LogP contribution in [0.25, 0.3) is 0 Å². The summed E-state index contributed by atoms with van der Waals surface area (Å²) in [5.41, 5.74) is 12.4. The van der Waals surface area contributed by atoms with Gasteiger partial charge in [0.2, 0.25) is 59.1 Å². The van der Waals surface area contributed by atoms with Crippen molar-refractivity contribution in [3.05, 3.63) is 35.9 Å². The predicted octanol–water partition coefficient (Wildman–Crippen LogP) is 0.319. The maximum absolute atomic E-state index is 14.4. The van der Waals surface area contributed by atoms with Crippen molar-refractivity contribution >= 4 is 82.9 Å². The number of benzene rings is 1. The highest BCUT2D eigenvalue weighted by Crippen LogP contribution is 2.16. The summed E-state index contributed by atoms with van der Waals surface area (Å²) < 4.78 is 0. The molecule has 30 nitrogen and oxygen atoms in total. The summed E-state index contributed by atoms with van der Waals surface area (Å²) in [5, 5.41) is 63.9. The third-order valence-electron chi connectivity index (χ3n) is 14.6. The first-order valence-corrected chi connectivity index (χ1v) is 31.8. The molecule has 0 bridgehead atoms. The van der Waals surface area contributed by atoms with Crippen LogP contribution in [0.1, 0.15) is 166 Å². The van der Waals surface area contributed by atoms with Crippen LogP contribution in [0.5, 0.6) is 0 Å². The molecule has 0 spiro atoms. The summed E-state index contributed by atoms with van der Waals surface area (Å²) in [5.74, 6) is -17.0. The lowest BCUT2D eigenvalue weighted by Gasteiger charge is -2.30. The number of nitrogens with two attached hydrogens (primary N) is 2. The van der Waals surface area contributed by atoms with E-state index in [0.29, 0.717) is 24.8 Å². The minimum absolute atomic E-state index is 0.00507. The van der Waals surface area contributed by atoms with Crippen LogP contribution < -0.4 is 64.6 Å². The van der Waals surface area contributed by atoms with Crippen molar-refractivity contribution in [1.29, 1.82) is 0 Å². The first-order chi connectivity index (χ1) is 43.4. The summed E-state index contributed by atoms with van der Waals surface area (Å²) in [6.45, 7) is 20.7. The number of carbonyl (C=O) groups excluding carboxylic acids is 10. The number of rotatable bonds is 45. The Labute approximate surface area is 544 Å². The maximum Gasteiger partial charge on any atom is 0.326 e. The minimum atomic E-state index is -1.89. The van der Waals surface area contributed by atoms with Crippen LogP contribution in [0, 0.1) is 35.5 Å². The minimum Gasteiger partial charge on any atom is -0.481 e. The van der Waals surface area contributed by atoms with Crippen molar-refractivity contribution < 1.29 is 87.5 Å². The van der Waals surface area contributed by atoms with Crippen LogP contribution in [0.15, 0.2) is 30.3 Å². The molecule has 10 amide bonds. The third kappa shape index (κ3) is 32.7. The van der Waals surface area contributed by atoms with E-state index in [4.69, 9.17) is 16.6 Å². The Morgan fingerprint density at radius 2 is 0.699 bits per heavy atom. The summed E-state index contributed by atoms with van der Waals surface area (Å²) in [6, 6.07) is -7.50. The highest BCUT2D eigenvalue weighted by atomic mass is 16.4. The van der Waals surface area contributed by atoms with E-state index in [2.05, 4.69) is 53.2 Å². The van der Waals surface area contributed by atoms with E-state index >= 15 is 0 Å². The number of nitrogens with one attached hydrogen (secondary N) is 10. The first kappa shape index (κ1) is 82.7. The average Bonchev–Trinajstić information content (AvgIpc) is 1.06. The molecule has 0 radical (unpaired) electrons. The van der Waals surface area contributed by atoms with E-state index < -0.39 is 193 Å². The molecule has 0 aliphatic rings. The SMILES string of the molecule is CC(C)C[C@H](NC(=O)[C@H](CCCCN)NC(=O)[C@H](CC(C)C)NC(=O)[C@H](CC(C)C)NC(=O)[C@H](CCC(=O)O)NC(=O)[C@@H](NC(=O)[C@H](CC(=O)O)NC(=O)[C@H](Cc1ccccc1)NC(=O)[C@@H](NC(=O)[C@@H](N)CC(C)C)C(C)C)C(C)C)C(=O)N[C@@H](CCC(=O)O)C(=O)O. The molecule has 1 rings (SSSR count). The number of amides is 10. The van der Waals surface area contributed by atoms with Crippen LogP contribution in [-0.2, 0) is 73.5 Å². The second-order valence-corrected chi connectivity index (χ2v) is 25.8. The van der Waals surface area contributed by atoms with Gasteiger partial charge >= 0.3 is 23.9 Å². The third-order valence-corrected chi connectivity index (χ3v) is 14.6. The molecular formula is C63H104N12O18. The van der Waals surface area contributed by atoms with Gasteiger partial charge in [-0.3, -0.25) is 62.3 Å². The van der Waals surface area contributed by atoms with Gasteiger partial charge in [-0.15, -0.1) is 0 Å². The quantitative estimate of drug-likeness (QED) is 0.0391. The number of carboxylic acid groups (broad SMARTS) is 4. The summed E-state index contributed by atoms with van der Waals surface area (Å²) in [4.78, 5) is 188. The summed E-state index contributed by atoms with van der Waals surface area (Å²) in [6.07, 6.45) is -2.52. The average molecular weight is 1320 g/mol. The Bertz CT molecular complexity index is 2670. The number of hydrogen-bond donors (Lipinski definition) is 16. The number of carboxylic acids is 4. The molecule has 0 saturated heterocycles. The smallest absolute Gasteiger partial charge is 0.326 e. The topological polar surface area (TPSA) is 492 Å². The molecule has 18 N–H and O–H groups in total. The fourth-order valence-electron chi connectivity index (χ4n) is 9.73. The molecule has 0 heterocycles. The van der Waals surface area contributed by atoms with Gasteiger partial charge in [0.1, 0.15) is 60.4 Å². The predicted molar refractivity (Wildman–Crippen MR) is 341 cm³/mol. The summed E-state index contributed by atoms with van der Waals surface area (Å²) in [7, 11) is 0. The molecule has 93 heavy (non-hydrogen) atoms. The van der Waals surface area contributed by atoms with Crippen LogP contribution in [-0.4, -0.2) is 176 Å². The fraction of sp³-hybridized carbons (Fsp3) is 0.683. The lowest BCUT2D eigenvalue weighted by atomic mass is 9.98. The Hall–Kier alpha value is -8.28. The zero-order valence-corrected chi connectivity index (χ0v) is 55.8. The summed E-state index contributed by atoms with van der Waals surface area (Å²) >= 11 is 0. The second-order valence-electron chi connectivity index (χ2n) is 25.8. The fourth-order valence-corrected chi connectivity index (χ4v) is 9.73. The van der Waals surface area contributed by atoms with Crippen molar-refractivity contribution in [3.63, 3.8) is 0 Å². The van der Waals surface area contributed by atoms with Gasteiger partial charge < -0.3 is 85.1 Å². The highest BCUT2D eigenvalue weighted by Gasteiger charge is 2.38. The lowest BCUT2D eigenvalue weighted by molar-refractivity contribution is -0.144. The van der Waals surface area contributed by atoms with Gasteiger partial charge in [0, 0.05) is 19.3 Å². The Kier molecular flexibility index (Phi) is 37.4. The number of hydrogen-bond acceptors (Lipinski definition) is 16. The van der Waals surface area contributed by atoms with Crippen LogP contribution >= 0.6 is 0 Å². The van der Waals surface area contributed by atoms with Crippen molar-refractivity contribution in [3.8, 4) is 0 Å². The van der Waals surface area contributed by atoms with Crippen molar-refractivity contribution in [1.82, 2.24) is 53.2 Å². The van der Waals surface area contributed by atoms with Gasteiger partial charge in [-0.1, -0.05) is 113 Å². The van der Waals surface area contributed by atoms with Crippen LogP contribution in [0.3, 0.4) is 0 Å². The Morgan fingerprint density at radius 3 is 1.09 bits per heavy atom. The highest BCUT2D eigenvalue weighted by molar-refractivity contribution is 6.00. The zero-order valence-electron chi connectivity index (χ0n) is 55.8. The van der Waals surface area contributed by atoms with Gasteiger partial charge in [-0.25, -0.2) is 4.79 Å². The molecule has 0 aliphatic heterocycles. The van der Waals surface area contributed by atoms with Gasteiger partial charge in [0.15, 0.2) is 0 Å². The maximum atomic E-state index is 14.4. The van der Waals surface area contributed by atoms with Gasteiger partial charge in [-0.05, 0) is 105 Å². The van der Waals surface area contributed by atoms with E-state index in [1.807, 2.05) is 13.8 Å². The number of unbranched alkanes of at least 4 members (excludes halogenated alkanes) is 1. The molecule has 0 saturated carbocycles. The zero-order chi connectivity index (χ0) is 71.0. The van der Waals surface area contributed by atoms with Gasteiger partial charge in [0.25, 0.3) is 0 Å². The molecule has 0 fully saturated rings. The molecule has 30 heteroatoms. The van der Waals surface area contributed by atoms with E-state index in [9.17, 15) is 82.4 Å². The largest absolute Gasteiger partial charge is 0.481 e. The van der Waals surface area contributed by atoms with E-state index in [1.165, 1.54) is 13.8 Å². The number of carbonyl (C=O) groups is 14.